The van der Waals surface area contributed by atoms with Gasteiger partial charge in [0.2, 0.25) is 11.8 Å². The molecule has 1 aromatic carbocycles. The summed E-state index contributed by atoms with van der Waals surface area (Å²) in [6.07, 6.45) is -1.38. The molecule has 0 bridgehead atoms. The van der Waals surface area contributed by atoms with Crippen LogP contribution in [0.5, 0.6) is 5.75 Å². The minimum atomic E-state index is -4.66. The van der Waals surface area contributed by atoms with Crippen LogP contribution in [0.3, 0.4) is 0 Å². The summed E-state index contributed by atoms with van der Waals surface area (Å²) in [6.45, 7) is 2.92. The number of benzene rings is 1. The van der Waals surface area contributed by atoms with Crippen LogP contribution in [0.1, 0.15) is 66.0 Å². The van der Waals surface area contributed by atoms with Gasteiger partial charge in [-0.3, -0.25) is 9.59 Å². The molecule has 41 heavy (non-hydrogen) atoms. The van der Waals surface area contributed by atoms with Crippen LogP contribution in [0.15, 0.2) is 51.5 Å². The number of likely N-dealkylation sites (tertiary alicyclic amines) is 1. The Balaban J connectivity index is 1.50. The van der Waals surface area contributed by atoms with Crippen molar-refractivity contribution in [2.45, 2.75) is 44.4 Å². The number of alkyl halides is 3. The van der Waals surface area contributed by atoms with Gasteiger partial charge in [0.1, 0.15) is 22.7 Å². The van der Waals surface area contributed by atoms with Crippen molar-refractivity contribution in [3.05, 3.63) is 65.6 Å². The van der Waals surface area contributed by atoms with E-state index in [9.17, 15) is 22.8 Å². The number of hydrogen-bond donors (Lipinski definition) is 2. The second-order valence-corrected chi connectivity index (χ2v) is 9.76. The van der Waals surface area contributed by atoms with E-state index >= 15 is 0 Å². The summed E-state index contributed by atoms with van der Waals surface area (Å²) in [5, 5.41) is 3.08. The molecule has 1 fully saturated rings. The molecule has 3 N–H and O–H groups in total. The van der Waals surface area contributed by atoms with Crippen LogP contribution in [-0.4, -0.2) is 46.9 Å². The lowest BCUT2D eigenvalue weighted by molar-refractivity contribution is -0.141. The second kappa shape index (κ2) is 11.2. The normalized spacial score (nSPS) is 15.2. The smallest absolute Gasteiger partial charge is 0.433 e. The Bertz CT molecular complexity index is 1560. The van der Waals surface area contributed by atoms with Crippen molar-refractivity contribution in [2.75, 3.05) is 20.2 Å². The third kappa shape index (κ3) is 5.75. The molecule has 2 atom stereocenters. The molecule has 5 rings (SSSR count). The van der Waals surface area contributed by atoms with Gasteiger partial charge in [-0.05, 0) is 56.2 Å². The van der Waals surface area contributed by atoms with E-state index in [1.807, 2.05) is 0 Å². The van der Waals surface area contributed by atoms with Crippen molar-refractivity contribution in [1.29, 1.82) is 0 Å². The number of hydrogen-bond acceptors (Lipinski definition) is 8. The lowest BCUT2D eigenvalue weighted by atomic mass is 10.1. The molecule has 1 saturated heterocycles. The highest BCUT2D eigenvalue weighted by Gasteiger charge is 2.34. The van der Waals surface area contributed by atoms with Crippen molar-refractivity contribution in [3.63, 3.8) is 0 Å². The van der Waals surface area contributed by atoms with Gasteiger partial charge in [0.15, 0.2) is 11.5 Å². The molecule has 216 valence electrons. The summed E-state index contributed by atoms with van der Waals surface area (Å²) in [5.41, 5.74) is 5.14. The number of aromatic nitrogens is 2. The Hall–Kier alpha value is -4.39. The maximum Gasteiger partial charge on any atom is 0.433 e. The molecule has 0 aliphatic carbocycles. The summed E-state index contributed by atoms with van der Waals surface area (Å²) in [7, 11) is 1.32. The van der Waals surface area contributed by atoms with Crippen LogP contribution in [0.4, 0.5) is 13.2 Å². The average molecular weight is 572 g/mol. The predicted octanol–water partition coefficient (Wildman–Crippen LogP) is 5.01. The maximum absolute atomic E-state index is 13.5. The van der Waals surface area contributed by atoms with Crippen LogP contribution in [0, 0.1) is 0 Å². The highest BCUT2D eigenvalue weighted by Crippen LogP contribution is 2.37. The molecule has 1 aliphatic rings. The molecular weight excluding hydrogens is 543 g/mol. The molecule has 2 amide bonds. The van der Waals surface area contributed by atoms with E-state index in [1.165, 1.54) is 25.5 Å². The van der Waals surface area contributed by atoms with Crippen molar-refractivity contribution in [2.24, 2.45) is 5.73 Å². The zero-order valence-corrected chi connectivity index (χ0v) is 22.3. The van der Waals surface area contributed by atoms with E-state index in [1.54, 1.807) is 30.0 Å². The topological polar surface area (TPSA) is 137 Å². The van der Waals surface area contributed by atoms with Gasteiger partial charge in [0.05, 0.1) is 31.9 Å². The number of ether oxygens (including phenoxy) is 1. The molecule has 10 nitrogen and oxygen atoms in total. The van der Waals surface area contributed by atoms with E-state index in [-0.39, 0.29) is 51.9 Å². The minimum absolute atomic E-state index is 0.0200. The molecule has 3 aromatic heterocycles. The molecule has 0 unspecified atom stereocenters. The lowest BCUT2D eigenvalue weighted by Crippen LogP contribution is -2.35. The summed E-state index contributed by atoms with van der Waals surface area (Å²) in [4.78, 5) is 36.3. The fourth-order valence-electron chi connectivity index (χ4n) is 4.83. The minimum Gasteiger partial charge on any atom is -0.494 e. The Labute approximate surface area is 232 Å². The molecule has 13 heteroatoms. The summed E-state index contributed by atoms with van der Waals surface area (Å²) < 4.78 is 56.7. The predicted molar refractivity (Wildman–Crippen MR) is 141 cm³/mol. The number of rotatable bonds is 8. The highest BCUT2D eigenvalue weighted by molar-refractivity contribution is 5.98. The Morgan fingerprint density at radius 1 is 1.15 bits per heavy atom. The number of fused-ring (bicyclic) bond motifs is 1. The van der Waals surface area contributed by atoms with E-state index in [0.717, 1.165) is 18.9 Å². The first-order valence-electron chi connectivity index (χ1n) is 13.0. The Morgan fingerprint density at radius 2 is 1.90 bits per heavy atom. The number of oxazole rings is 1. The molecule has 0 spiro atoms. The third-order valence-corrected chi connectivity index (χ3v) is 6.87. The van der Waals surface area contributed by atoms with E-state index < -0.39 is 29.9 Å². The molecule has 1 aliphatic heterocycles. The Morgan fingerprint density at radius 3 is 2.54 bits per heavy atom. The number of nitrogens with zero attached hydrogens (tertiary/aromatic N) is 3. The van der Waals surface area contributed by atoms with Gasteiger partial charge < -0.3 is 29.5 Å². The second-order valence-electron chi connectivity index (χ2n) is 9.76. The summed E-state index contributed by atoms with van der Waals surface area (Å²) in [5.74, 6) is -0.240. The fourth-order valence-corrected chi connectivity index (χ4v) is 4.83. The van der Waals surface area contributed by atoms with Crippen LogP contribution in [-0.2, 0) is 11.0 Å². The number of nitrogens with two attached hydrogens (primary N) is 1. The first-order chi connectivity index (χ1) is 19.6. The first kappa shape index (κ1) is 28.1. The van der Waals surface area contributed by atoms with Crippen molar-refractivity contribution < 1.29 is 36.3 Å². The lowest BCUT2D eigenvalue weighted by Gasteiger charge is -2.20. The van der Waals surface area contributed by atoms with Gasteiger partial charge >= 0.3 is 6.18 Å². The van der Waals surface area contributed by atoms with Crippen LogP contribution >= 0.6 is 0 Å². The largest absolute Gasteiger partial charge is 0.494 e. The highest BCUT2D eigenvalue weighted by atomic mass is 19.4. The van der Waals surface area contributed by atoms with E-state index in [0.29, 0.717) is 18.8 Å². The fraction of sp³-hybridized carbons (Fsp3) is 0.357. The summed E-state index contributed by atoms with van der Waals surface area (Å²) >= 11 is 0. The zero-order valence-electron chi connectivity index (χ0n) is 22.3. The molecule has 0 radical (unpaired) electrons. The number of carbonyl (C=O) groups is 2. The van der Waals surface area contributed by atoms with E-state index in [4.69, 9.17) is 19.3 Å². The Kier molecular flexibility index (Phi) is 7.72. The van der Waals surface area contributed by atoms with Crippen molar-refractivity contribution >= 4 is 22.7 Å². The number of pyridine rings is 1. The van der Waals surface area contributed by atoms with Gasteiger partial charge in [0.25, 0.3) is 5.91 Å². The number of amides is 2. The van der Waals surface area contributed by atoms with Gasteiger partial charge in [-0.2, -0.15) is 13.2 Å². The molecule has 0 saturated carbocycles. The third-order valence-electron chi connectivity index (χ3n) is 6.87. The number of carbonyl (C=O) groups excluding carboxylic acids is 2. The zero-order chi connectivity index (χ0) is 29.3. The number of furan rings is 1. The van der Waals surface area contributed by atoms with Crippen LogP contribution in [0.25, 0.3) is 22.4 Å². The number of nitrogens with one attached hydrogen (secondary N) is 1. The molecule has 4 heterocycles. The van der Waals surface area contributed by atoms with Crippen molar-refractivity contribution in [1.82, 2.24) is 20.2 Å². The van der Waals surface area contributed by atoms with Gasteiger partial charge in [0, 0.05) is 24.0 Å². The van der Waals surface area contributed by atoms with Gasteiger partial charge in [-0.1, -0.05) is 0 Å². The monoisotopic (exact) mass is 571 g/mol. The van der Waals surface area contributed by atoms with Crippen LogP contribution in [0.2, 0.25) is 0 Å². The molecular formula is C28H28F3N5O5. The van der Waals surface area contributed by atoms with Crippen LogP contribution < -0.4 is 15.8 Å². The molecule has 4 aromatic rings. The SMILES string of the molecule is COc1ccc(-c2nc(C(=O)N[C@@H](CC(=O)N3CCCC3)c3ccco3)c([C@H](C)N)o2)c2ccc(C(F)(F)F)nc12. The van der Waals surface area contributed by atoms with E-state index in [2.05, 4.69) is 15.3 Å². The number of halogens is 3. The average Bonchev–Trinajstić information content (AvgIpc) is 3.73. The van der Waals surface area contributed by atoms with Gasteiger partial charge in [-0.15, -0.1) is 0 Å². The summed E-state index contributed by atoms with van der Waals surface area (Å²) in [6, 6.07) is 6.86. The number of methoxy groups -OCH3 is 1. The quantitative estimate of drug-likeness (QED) is 0.301. The van der Waals surface area contributed by atoms with Crippen molar-refractivity contribution in [3.8, 4) is 17.2 Å². The standard InChI is InChI=1S/C28H28F3N5O5/c1-15(32)25-24(26(38)33-18(19-6-5-13-40-19)14-22(37)36-11-3-4-12-36)35-27(41-25)17-7-9-20(39-2)23-16(17)8-10-21(34-23)28(29,30)31/h5-10,13,15,18H,3-4,11-12,14,32H2,1-2H3,(H,33,38)/t15-,18-/m0/s1. The maximum atomic E-state index is 13.5. The van der Waals surface area contributed by atoms with Gasteiger partial charge in [-0.25, -0.2) is 9.97 Å². The first-order valence-corrected chi connectivity index (χ1v) is 13.0.